The van der Waals surface area contributed by atoms with Crippen LogP contribution in [0.25, 0.3) is 0 Å². The van der Waals surface area contributed by atoms with Gasteiger partial charge in [-0.25, -0.2) is 14.2 Å². The molecule has 0 aliphatic carbocycles. The molecule has 1 aliphatic rings. The van der Waals surface area contributed by atoms with E-state index in [4.69, 9.17) is 4.42 Å². The SMILES string of the molecule is Cc1ocnc1CNC(=O)N1CCCC1CC(O)c1ccc(F)cc1. The molecule has 2 heterocycles. The second-order valence-electron chi connectivity index (χ2n) is 6.31. The van der Waals surface area contributed by atoms with Crippen LogP contribution in [0, 0.1) is 12.7 Å². The van der Waals surface area contributed by atoms with E-state index in [9.17, 15) is 14.3 Å². The Morgan fingerprint density at radius 2 is 2.24 bits per heavy atom. The van der Waals surface area contributed by atoms with Gasteiger partial charge in [0.1, 0.15) is 17.3 Å². The summed E-state index contributed by atoms with van der Waals surface area (Å²) in [7, 11) is 0. The van der Waals surface area contributed by atoms with Crippen molar-refractivity contribution in [2.45, 2.75) is 44.9 Å². The van der Waals surface area contributed by atoms with Gasteiger partial charge >= 0.3 is 6.03 Å². The zero-order valence-corrected chi connectivity index (χ0v) is 14.1. The van der Waals surface area contributed by atoms with Crippen LogP contribution >= 0.6 is 0 Å². The Bertz CT molecular complexity index is 717. The number of rotatable bonds is 5. The van der Waals surface area contributed by atoms with E-state index in [1.165, 1.54) is 18.5 Å². The van der Waals surface area contributed by atoms with Gasteiger partial charge in [0.25, 0.3) is 0 Å². The highest BCUT2D eigenvalue weighted by Crippen LogP contribution is 2.27. The number of urea groups is 1. The first-order valence-corrected chi connectivity index (χ1v) is 8.41. The van der Waals surface area contributed by atoms with Crippen molar-refractivity contribution in [3.05, 3.63) is 53.5 Å². The van der Waals surface area contributed by atoms with Crippen molar-refractivity contribution in [3.8, 4) is 0 Å². The van der Waals surface area contributed by atoms with E-state index in [0.29, 0.717) is 36.5 Å². The van der Waals surface area contributed by atoms with Crippen molar-refractivity contribution in [2.24, 2.45) is 0 Å². The number of halogens is 1. The van der Waals surface area contributed by atoms with Gasteiger partial charge in [0.2, 0.25) is 0 Å². The number of nitrogens with zero attached hydrogens (tertiary/aromatic N) is 2. The third kappa shape index (κ3) is 4.17. The average Bonchev–Trinajstić information content (AvgIpc) is 3.22. The number of aromatic nitrogens is 1. The molecule has 1 aromatic heterocycles. The predicted octanol–water partition coefficient (Wildman–Crippen LogP) is 2.92. The maximum Gasteiger partial charge on any atom is 0.317 e. The molecule has 3 rings (SSSR count). The molecule has 0 spiro atoms. The van der Waals surface area contributed by atoms with E-state index in [1.807, 2.05) is 0 Å². The molecule has 2 N–H and O–H groups in total. The van der Waals surface area contributed by atoms with Crippen molar-refractivity contribution < 1.29 is 18.7 Å². The summed E-state index contributed by atoms with van der Waals surface area (Å²) in [6.07, 6.45) is 2.81. The molecule has 6 nitrogen and oxygen atoms in total. The fourth-order valence-corrected chi connectivity index (χ4v) is 3.19. The number of aryl methyl sites for hydroxylation is 1. The lowest BCUT2D eigenvalue weighted by molar-refractivity contribution is 0.126. The highest BCUT2D eigenvalue weighted by Gasteiger charge is 2.30. The molecule has 134 valence electrons. The predicted molar refractivity (Wildman–Crippen MR) is 89.2 cm³/mol. The minimum atomic E-state index is -0.725. The van der Waals surface area contributed by atoms with Crippen LogP contribution in [0.2, 0.25) is 0 Å². The van der Waals surface area contributed by atoms with Crippen molar-refractivity contribution in [1.29, 1.82) is 0 Å². The van der Waals surface area contributed by atoms with Crippen LogP contribution in [0.3, 0.4) is 0 Å². The molecule has 0 bridgehead atoms. The molecule has 0 radical (unpaired) electrons. The molecule has 25 heavy (non-hydrogen) atoms. The first kappa shape index (κ1) is 17.4. The van der Waals surface area contributed by atoms with Gasteiger partial charge in [0, 0.05) is 12.6 Å². The molecule has 1 aliphatic heterocycles. The first-order chi connectivity index (χ1) is 12.0. The van der Waals surface area contributed by atoms with Gasteiger partial charge in [-0.15, -0.1) is 0 Å². The van der Waals surface area contributed by atoms with Gasteiger partial charge in [0.05, 0.1) is 12.6 Å². The molecule has 2 atom stereocenters. The second-order valence-corrected chi connectivity index (χ2v) is 6.31. The average molecular weight is 347 g/mol. The van der Waals surface area contributed by atoms with Crippen molar-refractivity contribution in [2.75, 3.05) is 6.54 Å². The normalized spacial score (nSPS) is 18.4. The molecule has 1 fully saturated rings. The van der Waals surface area contributed by atoms with Crippen molar-refractivity contribution in [1.82, 2.24) is 15.2 Å². The van der Waals surface area contributed by atoms with Crippen LogP contribution in [-0.2, 0) is 6.54 Å². The number of likely N-dealkylation sites (tertiary alicyclic amines) is 1. The Morgan fingerprint density at radius 1 is 1.48 bits per heavy atom. The number of benzene rings is 1. The Hall–Kier alpha value is -2.41. The van der Waals surface area contributed by atoms with Gasteiger partial charge in [-0.3, -0.25) is 0 Å². The summed E-state index contributed by atoms with van der Waals surface area (Å²) in [5, 5.41) is 13.2. The molecular weight excluding hydrogens is 325 g/mol. The maximum atomic E-state index is 13.0. The Morgan fingerprint density at radius 3 is 2.92 bits per heavy atom. The lowest BCUT2D eigenvalue weighted by Gasteiger charge is -2.27. The van der Waals surface area contributed by atoms with Gasteiger partial charge < -0.3 is 19.7 Å². The second kappa shape index (κ2) is 7.65. The molecule has 0 saturated carbocycles. The van der Waals surface area contributed by atoms with E-state index >= 15 is 0 Å². The molecular formula is C18H22FN3O3. The Kier molecular flexibility index (Phi) is 5.33. The third-order valence-corrected chi connectivity index (χ3v) is 4.64. The maximum absolute atomic E-state index is 13.0. The van der Waals surface area contributed by atoms with Crippen LogP contribution in [0.5, 0.6) is 0 Å². The third-order valence-electron chi connectivity index (χ3n) is 4.64. The summed E-state index contributed by atoms with van der Waals surface area (Å²) in [5.41, 5.74) is 1.36. The number of hydrogen-bond donors (Lipinski definition) is 2. The lowest BCUT2D eigenvalue weighted by atomic mass is 10.0. The fraction of sp³-hybridized carbons (Fsp3) is 0.444. The summed E-state index contributed by atoms with van der Waals surface area (Å²) in [6, 6.07) is 5.60. The smallest absolute Gasteiger partial charge is 0.317 e. The number of carbonyl (C=O) groups is 1. The molecule has 1 aromatic carbocycles. The van der Waals surface area contributed by atoms with E-state index < -0.39 is 6.10 Å². The van der Waals surface area contributed by atoms with Gasteiger partial charge in [-0.05, 0) is 43.9 Å². The first-order valence-electron chi connectivity index (χ1n) is 8.41. The zero-order chi connectivity index (χ0) is 17.8. The van der Waals surface area contributed by atoms with Crippen LogP contribution in [-0.4, -0.2) is 33.6 Å². The van der Waals surface area contributed by atoms with Crippen LogP contribution in [0.15, 0.2) is 35.1 Å². The van der Waals surface area contributed by atoms with Crippen molar-refractivity contribution in [3.63, 3.8) is 0 Å². The number of aliphatic hydroxyl groups is 1. The van der Waals surface area contributed by atoms with Crippen LogP contribution in [0.4, 0.5) is 9.18 Å². The highest BCUT2D eigenvalue weighted by atomic mass is 19.1. The van der Waals surface area contributed by atoms with Crippen LogP contribution in [0.1, 0.15) is 42.4 Å². The summed E-state index contributed by atoms with van der Waals surface area (Å²) in [4.78, 5) is 18.3. The largest absolute Gasteiger partial charge is 0.448 e. The molecule has 2 amide bonds. The quantitative estimate of drug-likeness (QED) is 0.872. The van der Waals surface area contributed by atoms with Crippen LogP contribution < -0.4 is 5.32 Å². The zero-order valence-electron chi connectivity index (χ0n) is 14.1. The van der Waals surface area contributed by atoms with E-state index in [1.54, 1.807) is 24.0 Å². The Labute approximate surface area is 145 Å². The molecule has 7 heteroatoms. The van der Waals surface area contributed by atoms with Gasteiger partial charge in [-0.1, -0.05) is 12.1 Å². The molecule has 2 unspecified atom stereocenters. The van der Waals surface area contributed by atoms with Gasteiger partial charge in [-0.2, -0.15) is 0 Å². The number of nitrogens with one attached hydrogen (secondary N) is 1. The topological polar surface area (TPSA) is 78.6 Å². The van der Waals surface area contributed by atoms with E-state index in [0.717, 1.165) is 12.8 Å². The van der Waals surface area contributed by atoms with E-state index in [-0.39, 0.29) is 17.9 Å². The number of hydrogen-bond acceptors (Lipinski definition) is 4. The summed E-state index contributed by atoms with van der Waals surface area (Å²) in [5.74, 6) is 0.353. The minimum absolute atomic E-state index is 0.0431. The minimum Gasteiger partial charge on any atom is -0.448 e. The number of oxazole rings is 1. The number of aliphatic hydroxyl groups excluding tert-OH is 1. The lowest BCUT2D eigenvalue weighted by Crippen LogP contribution is -2.43. The Balaban J connectivity index is 1.57. The van der Waals surface area contributed by atoms with E-state index in [2.05, 4.69) is 10.3 Å². The summed E-state index contributed by atoms with van der Waals surface area (Å²) < 4.78 is 18.1. The van der Waals surface area contributed by atoms with Crippen molar-refractivity contribution >= 4 is 6.03 Å². The molecule has 1 saturated heterocycles. The number of carbonyl (C=O) groups excluding carboxylic acids is 1. The van der Waals surface area contributed by atoms with Gasteiger partial charge in [0.15, 0.2) is 6.39 Å². The summed E-state index contributed by atoms with van der Waals surface area (Å²) in [6.45, 7) is 2.77. The number of amides is 2. The highest BCUT2D eigenvalue weighted by molar-refractivity contribution is 5.74. The summed E-state index contributed by atoms with van der Waals surface area (Å²) >= 11 is 0. The monoisotopic (exact) mass is 347 g/mol. The molecule has 2 aromatic rings. The standard InChI is InChI=1S/C18H22FN3O3/c1-12-16(21-11-25-12)10-20-18(24)22-8-2-3-15(22)9-17(23)13-4-6-14(19)7-5-13/h4-7,11,15,17,23H,2-3,8-10H2,1H3,(H,20,24). The fourth-order valence-electron chi connectivity index (χ4n) is 3.19.